The number of benzene rings is 1. The van der Waals surface area contributed by atoms with Crippen molar-refractivity contribution in [1.82, 2.24) is 10.7 Å². The van der Waals surface area contributed by atoms with E-state index in [0.29, 0.717) is 35.1 Å². The van der Waals surface area contributed by atoms with Gasteiger partial charge in [0, 0.05) is 24.1 Å². The van der Waals surface area contributed by atoms with Crippen LogP contribution in [-0.4, -0.2) is 12.3 Å². The molecule has 1 aromatic carbocycles. The number of allylic oxidation sites excluding steroid dienone is 3. The van der Waals surface area contributed by atoms with Gasteiger partial charge in [0.2, 0.25) is 0 Å². The van der Waals surface area contributed by atoms with Crippen LogP contribution in [0.1, 0.15) is 12.8 Å². The highest BCUT2D eigenvalue weighted by Gasteiger charge is 2.09. The number of hydrogen-bond acceptors (Lipinski definition) is 6. The second-order valence-electron chi connectivity index (χ2n) is 3.99. The molecule has 1 aliphatic rings. The molecule has 0 unspecified atom stereocenters. The summed E-state index contributed by atoms with van der Waals surface area (Å²) in [4.78, 5) is 4.63. The lowest BCUT2D eigenvalue weighted by atomic mass is 10.1. The minimum Gasteiger partial charge on any atom is -0.754 e. The molecule has 102 valence electrons. The van der Waals surface area contributed by atoms with E-state index in [1.165, 1.54) is 13.1 Å². The standard InChI is InChI=1S/C13H15N3O3/c1-14-19-16(18)13-9-5-8-12(10-13)15(17)11-6-3-2-4-7-11/h2-4,6-8,10,14H,5,9H2,1H3/q-2. The Hall–Kier alpha value is -1.86. The van der Waals surface area contributed by atoms with Gasteiger partial charge in [-0.3, -0.25) is 0 Å². The maximum Gasteiger partial charge on any atom is 0.0328 e. The monoisotopic (exact) mass is 261 g/mol. The summed E-state index contributed by atoms with van der Waals surface area (Å²) in [6.07, 6.45) is 4.50. The molecule has 1 aliphatic carbocycles. The first kappa shape index (κ1) is 13.6. The van der Waals surface area contributed by atoms with Gasteiger partial charge in [-0.15, -0.1) is 0 Å². The third-order valence-electron chi connectivity index (χ3n) is 2.70. The Labute approximate surface area is 111 Å². The Morgan fingerprint density at radius 1 is 1.21 bits per heavy atom. The number of hydrogen-bond donors (Lipinski definition) is 1. The maximum absolute atomic E-state index is 12.2. The van der Waals surface area contributed by atoms with Crippen molar-refractivity contribution < 1.29 is 4.94 Å². The van der Waals surface area contributed by atoms with E-state index in [1.54, 1.807) is 30.3 Å². The highest BCUT2D eigenvalue weighted by molar-refractivity contribution is 5.56. The molecule has 0 spiro atoms. The molecule has 0 bridgehead atoms. The Morgan fingerprint density at radius 3 is 2.63 bits per heavy atom. The molecule has 1 N–H and O–H groups in total. The Balaban J connectivity index is 2.14. The minimum absolute atomic E-state index is 0.381. The lowest BCUT2D eigenvalue weighted by molar-refractivity contribution is -0.147. The summed E-state index contributed by atoms with van der Waals surface area (Å²) in [5.41, 5.74) is 3.67. The van der Waals surface area contributed by atoms with Crippen molar-refractivity contribution in [2.24, 2.45) is 0 Å². The molecule has 6 nitrogen and oxygen atoms in total. The second-order valence-corrected chi connectivity index (χ2v) is 3.99. The molecule has 0 aliphatic heterocycles. The Morgan fingerprint density at radius 2 is 1.95 bits per heavy atom. The molecule has 19 heavy (non-hydrogen) atoms. The predicted octanol–water partition coefficient (Wildman–Crippen LogP) is 2.42. The van der Waals surface area contributed by atoms with Crippen LogP contribution in [0.15, 0.2) is 53.9 Å². The maximum atomic E-state index is 12.2. The molecule has 0 aromatic heterocycles. The Bertz CT molecular complexity index is 473. The first-order chi connectivity index (χ1) is 9.22. The highest BCUT2D eigenvalue weighted by atomic mass is 17.0. The van der Waals surface area contributed by atoms with Crippen LogP contribution < -0.4 is 10.5 Å². The van der Waals surface area contributed by atoms with E-state index in [-0.39, 0.29) is 0 Å². The number of anilines is 1. The van der Waals surface area contributed by atoms with Crippen LogP contribution in [0.25, 0.3) is 0 Å². The van der Waals surface area contributed by atoms with Gasteiger partial charge in [0.05, 0.1) is 0 Å². The molecule has 0 atom stereocenters. The third-order valence-corrected chi connectivity index (χ3v) is 2.70. The molecule has 0 saturated carbocycles. The molecule has 2 rings (SSSR count). The second kappa shape index (κ2) is 6.35. The summed E-state index contributed by atoms with van der Waals surface area (Å²) >= 11 is 0. The van der Waals surface area contributed by atoms with Gasteiger partial charge < -0.3 is 20.7 Å². The fraction of sp³-hybridized carbons (Fsp3) is 0.231. The van der Waals surface area contributed by atoms with Crippen molar-refractivity contribution in [1.29, 1.82) is 0 Å². The van der Waals surface area contributed by atoms with E-state index < -0.39 is 0 Å². The van der Waals surface area contributed by atoms with Crippen molar-refractivity contribution >= 4 is 5.69 Å². The fourth-order valence-corrected chi connectivity index (χ4v) is 1.81. The summed E-state index contributed by atoms with van der Waals surface area (Å²) in [6.45, 7) is 0. The van der Waals surface area contributed by atoms with E-state index in [1.807, 2.05) is 6.07 Å². The van der Waals surface area contributed by atoms with Gasteiger partial charge in [-0.05, 0) is 31.1 Å². The van der Waals surface area contributed by atoms with Crippen LogP contribution in [0.4, 0.5) is 5.69 Å². The third kappa shape index (κ3) is 3.33. The minimum atomic E-state index is 0.381. The molecule has 0 saturated heterocycles. The van der Waals surface area contributed by atoms with Crippen molar-refractivity contribution in [3.63, 3.8) is 0 Å². The van der Waals surface area contributed by atoms with E-state index >= 15 is 0 Å². The largest absolute Gasteiger partial charge is 0.754 e. The zero-order valence-corrected chi connectivity index (χ0v) is 10.6. The Kier molecular flexibility index (Phi) is 4.53. The van der Waals surface area contributed by atoms with E-state index in [4.69, 9.17) is 0 Å². The van der Waals surface area contributed by atoms with Crippen LogP contribution >= 0.6 is 0 Å². The zero-order chi connectivity index (χ0) is 13.7. The number of para-hydroxylation sites is 1. The van der Waals surface area contributed by atoms with Crippen molar-refractivity contribution in [2.75, 3.05) is 12.1 Å². The molecule has 0 fully saturated rings. The van der Waals surface area contributed by atoms with Crippen molar-refractivity contribution in [2.45, 2.75) is 12.8 Å². The zero-order valence-electron chi connectivity index (χ0n) is 10.6. The number of rotatable bonds is 5. The van der Waals surface area contributed by atoms with Crippen LogP contribution in [0.3, 0.4) is 0 Å². The summed E-state index contributed by atoms with van der Waals surface area (Å²) in [5, 5.41) is 24.8. The molecule has 1 aromatic rings. The molecule has 6 heteroatoms. The average Bonchev–Trinajstić information content (AvgIpc) is 2.48. The fourth-order valence-electron chi connectivity index (χ4n) is 1.81. The van der Waals surface area contributed by atoms with Gasteiger partial charge in [-0.25, -0.2) is 0 Å². The van der Waals surface area contributed by atoms with E-state index in [2.05, 4.69) is 10.4 Å². The highest BCUT2D eigenvalue weighted by Crippen LogP contribution is 2.25. The van der Waals surface area contributed by atoms with Gasteiger partial charge in [0.1, 0.15) is 0 Å². The topological polar surface area (TPSA) is 73.9 Å². The number of nitrogens with zero attached hydrogens (tertiary/aromatic N) is 2. The van der Waals surface area contributed by atoms with E-state index in [9.17, 15) is 10.4 Å². The van der Waals surface area contributed by atoms with Gasteiger partial charge in [-0.2, -0.15) is 10.4 Å². The van der Waals surface area contributed by atoms with Gasteiger partial charge >= 0.3 is 0 Å². The molecule has 0 radical (unpaired) electrons. The predicted molar refractivity (Wildman–Crippen MR) is 73.0 cm³/mol. The molecular formula is C13H15N3O3-2. The van der Waals surface area contributed by atoms with Crippen LogP contribution in [-0.2, 0) is 4.94 Å². The number of hydroxylamine groups is 4. The van der Waals surface area contributed by atoms with Crippen LogP contribution in [0.2, 0.25) is 0 Å². The molecule has 0 amide bonds. The molecular weight excluding hydrogens is 246 g/mol. The summed E-state index contributed by atoms with van der Waals surface area (Å²) < 4.78 is 0. The van der Waals surface area contributed by atoms with Crippen molar-refractivity contribution in [3.05, 3.63) is 64.3 Å². The average molecular weight is 261 g/mol. The summed E-state index contributed by atoms with van der Waals surface area (Å²) in [7, 11) is 1.49. The van der Waals surface area contributed by atoms with Crippen LogP contribution in [0, 0.1) is 10.4 Å². The quantitative estimate of drug-likeness (QED) is 0.820. The van der Waals surface area contributed by atoms with Gasteiger partial charge in [0.15, 0.2) is 0 Å². The lowest BCUT2D eigenvalue weighted by Gasteiger charge is -2.37. The number of nitrogens with one attached hydrogen (secondary N) is 1. The first-order valence-electron chi connectivity index (χ1n) is 5.96. The van der Waals surface area contributed by atoms with Gasteiger partial charge in [0.25, 0.3) is 0 Å². The summed E-state index contributed by atoms with van der Waals surface area (Å²) in [6, 6.07) is 8.86. The summed E-state index contributed by atoms with van der Waals surface area (Å²) in [5.74, 6) is 0. The normalized spacial score (nSPS) is 14.7. The van der Waals surface area contributed by atoms with Crippen molar-refractivity contribution in [3.8, 4) is 0 Å². The molecule has 0 heterocycles. The smallest absolute Gasteiger partial charge is 0.0328 e. The van der Waals surface area contributed by atoms with Gasteiger partial charge in [-0.1, -0.05) is 24.3 Å². The van der Waals surface area contributed by atoms with Crippen LogP contribution in [0.5, 0.6) is 0 Å². The lowest BCUT2D eigenvalue weighted by Crippen LogP contribution is -2.25. The first-order valence-corrected chi connectivity index (χ1v) is 5.96. The van der Waals surface area contributed by atoms with E-state index in [0.717, 1.165) is 5.06 Å². The SMILES string of the molecule is CNON([O-])C1=CC(N([O-])c2ccccc2)=CCC1.